The Kier molecular flexibility index (Phi) is 5.51. The standard InChI is InChI=1S/C16H23N3O3/c1-12-3-5-13(6-4-12)15(17)16(21)19-9-7-18(8-10-19)11-14(20)22-2/h3-6,15H,7-11,17H2,1-2H3. The molecule has 6 nitrogen and oxygen atoms in total. The number of carbonyl (C=O) groups is 2. The molecule has 6 heteroatoms. The minimum Gasteiger partial charge on any atom is -0.468 e. The third kappa shape index (κ3) is 4.05. The van der Waals surface area contributed by atoms with Crippen molar-refractivity contribution in [2.45, 2.75) is 13.0 Å². The molecule has 0 radical (unpaired) electrons. The van der Waals surface area contributed by atoms with E-state index in [0.717, 1.165) is 11.1 Å². The molecule has 1 fully saturated rings. The van der Waals surface area contributed by atoms with Gasteiger partial charge in [0.05, 0.1) is 13.7 Å². The van der Waals surface area contributed by atoms with Gasteiger partial charge in [-0.2, -0.15) is 0 Å². The maximum Gasteiger partial charge on any atom is 0.319 e. The van der Waals surface area contributed by atoms with Gasteiger partial charge < -0.3 is 15.4 Å². The van der Waals surface area contributed by atoms with Crippen molar-refractivity contribution in [3.8, 4) is 0 Å². The molecule has 1 unspecified atom stereocenters. The first-order valence-electron chi connectivity index (χ1n) is 7.41. The van der Waals surface area contributed by atoms with Crippen LogP contribution in [0.15, 0.2) is 24.3 Å². The fourth-order valence-corrected chi connectivity index (χ4v) is 2.49. The van der Waals surface area contributed by atoms with Crippen LogP contribution in [0, 0.1) is 6.92 Å². The number of amides is 1. The van der Waals surface area contributed by atoms with E-state index in [4.69, 9.17) is 5.73 Å². The second-order valence-electron chi connectivity index (χ2n) is 5.57. The van der Waals surface area contributed by atoms with Gasteiger partial charge in [-0.1, -0.05) is 29.8 Å². The third-order valence-corrected chi connectivity index (χ3v) is 3.97. The first kappa shape index (κ1) is 16.5. The monoisotopic (exact) mass is 305 g/mol. The Labute approximate surface area is 130 Å². The van der Waals surface area contributed by atoms with Gasteiger partial charge >= 0.3 is 5.97 Å². The van der Waals surface area contributed by atoms with Gasteiger partial charge in [0.1, 0.15) is 6.04 Å². The normalized spacial score (nSPS) is 17.1. The molecular weight excluding hydrogens is 282 g/mol. The van der Waals surface area contributed by atoms with Gasteiger partial charge in [-0.3, -0.25) is 14.5 Å². The molecule has 2 rings (SSSR count). The molecule has 1 saturated heterocycles. The molecule has 1 aliphatic rings. The Hall–Kier alpha value is -1.92. The zero-order valence-corrected chi connectivity index (χ0v) is 13.1. The zero-order chi connectivity index (χ0) is 16.1. The van der Waals surface area contributed by atoms with E-state index >= 15 is 0 Å². The van der Waals surface area contributed by atoms with E-state index in [1.165, 1.54) is 7.11 Å². The van der Waals surface area contributed by atoms with E-state index in [1.54, 1.807) is 4.90 Å². The summed E-state index contributed by atoms with van der Waals surface area (Å²) in [6.45, 7) is 4.73. The van der Waals surface area contributed by atoms with Crippen molar-refractivity contribution >= 4 is 11.9 Å². The minimum atomic E-state index is -0.632. The molecule has 1 aromatic carbocycles. The lowest BCUT2D eigenvalue weighted by Gasteiger charge is -2.35. The highest BCUT2D eigenvalue weighted by atomic mass is 16.5. The fourth-order valence-electron chi connectivity index (χ4n) is 2.49. The van der Waals surface area contributed by atoms with Crippen molar-refractivity contribution in [1.29, 1.82) is 0 Å². The average molecular weight is 305 g/mol. The van der Waals surface area contributed by atoms with Crippen molar-refractivity contribution in [3.05, 3.63) is 35.4 Å². The summed E-state index contributed by atoms with van der Waals surface area (Å²) in [7, 11) is 1.38. The molecule has 0 saturated carbocycles. The van der Waals surface area contributed by atoms with Crippen LogP contribution in [-0.2, 0) is 14.3 Å². The molecule has 0 spiro atoms. The molecule has 1 amide bonds. The molecular formula is C16H23N3O3. The van der Waals surface area contributed by atoms with Crippen molar-refractivity contribution in [3.63, 3.8) is 0 Å². The molecule has 22 heavy (non-hydrogen) atoms. The first-order valence-corrected chi connectivity index (χ1v) is 7.41. The number of esters is 1. The smallest absolute Gasteiger partial charge is 0.319 e. The van der Waals surface area contributed by atoms with Crippen LogP contribution in [0.3, 0.4) is 0 Å². The lowest BCUT2D eigenvalue weighted by atomic mass is 10.0. The number of ether oxygens (including phenoxy) is 1. The van der Waals surface area contributed by atoms with E-state index in [1.807, 2.05) is 36.1 Å². The van der Waals surface area contributed by atoms with Crippen LogP contribution in [0.4, 0.5) is 0 Å². The summed E-state index contributed by atoms with van der Waals surface area (Å²) in [5, 5.41) is 0. The Bertz CT molecular complexity index is 522. The molecule has 2 N–H and O–H groups in total. The summed E-state index contributed by atoms with van der Waals surface area (Å²) < 4.78 is 4.65. The van der Waals surface area contributed by atoms with Crippen LogP contribution in [0.1, 0.15) is 17.2 Å². The summed E-state index contributed by atoms with van der Waals surface area (Å²) in [6, 6.07) is 7.07. The van der Waals surface area contributed by atoms with Crippen LogP contribution >= 0.6 is 0 Å². The van der Waals surface area contributed by atoms with Gasteiger partial charge in [-0.05, 0) is 12.5 Å². The number of methoxy groups -OCH3 is 1. The number of carbonyl (C=O) groups excluding carboxylic acids is 2. The van der Waals surface area contributed by atoms with Crippen molar-refractivity contribution in [2.75, 3.05) is 39.8 Å². The average Bonchev–Trinajstić information content (AvgIpc) is 2.55. The highest BCUT2D eigenvalue weighted by Crippen LogP contribution is 2.15. The van der Waals surface area contributed by atoms with Crippen molar-refractivity contribution in [1.82, 2.24) is 9.80 Å². The van der Waals surface area contributed by atoms with Crippen molar-refractivity contribution in [2.24, 2.45) is 5.73 Å². The number of rotatable bonds is 4. The maximum atomic E-state index is 12.5. The highest BCUT2D eigenvalue weighted by Gasteiger charge is 2.26. The predicted octanol–water partition coefficient (Wildman–Crippen LogP) is 0.312. The van der Waals surface area contributed by atoms with Gasteiger partial charge in [0, 0.05) is 26.2 Å². The molecule has 120 valence electrons. The highest BCUT2D eigenvalue weighted by molar-refractivity contribution is 5.83. The van der Waals surface area contributed by atoms with E-state index in [9.17, 15) is 9.59 Å². The van der Waals surface area contributed by atoms with Crippen LogP contribution in [0.25, 0.3) is 0 Å². The van der Waals surface area contributed by atoms with Gasteiger partial charge in [-0.15, -0.1) is 0 Å². The number of aryl methyl sites for hydroxylation is 1. The summed E-state index contributed by atoms with van der Waals surface area (Å²) in [5.74, 6) is -0.322. The molecule has 0 aromatic heterocycles. The topological polar surface area (TPSA) is 75.9 Å². The Morgan fingerprint density at radius 1 is 1.18 bits per heavy atom. The van der Waals surface area contributed by atoms with E-state index in [-0.39, 0.29) is 18.4 Å². The lowest BCUT2D eigenvalue weighted by molar-refractivity contribution is -0.142. The zero-order valence-electron chi connectivity index (χ0n) is 13.1. The Morgan fingerprint density at radius 3 is 2.32 bits per heavy atom. The minimum absolute atomic E-state index is 0.0680. The van der Waals surface area contributed by atoms with E-state index < -0.39 is 6.04 Å². The maximum absolute atomic E-state index is 12.5. The van der Waals surface area contributed by atoms with Crippen LogP contribution in [-0.4, -0.2) is 61.5 Å². The van der Waals surface area contributed by atoms with Crippen molar-refractivity contribution < 1.29 is 14.3 Å². The van der Waals surface area contributed by atoms with Crippen LogP contribution in [0.2, 0.25) is 0 Å². The Balaban J connectivity index is 1.89. The molecule has 1 aromatic rings. The predicted molar refractivity (Wildman–Crippen MR) is 83.1 cm³/mol. The summed E-state index contributed by atoms with van der Waals surface area (Å²) in [5.41, 5.74) is 8.04. The number of piperazine rings is 1. The summed E-state index contributed by atoms with van der Waals surface area (Å²) in [4.78, 5) is 27.5. The lowest BCUT2D eigenvalue weighted by Crippen LogP contribution is -2.52. The van der Waals surface area contributed by atoms with Gasteiger partial charge in [-0.25, -0.2) is 0 Å². The van der Waals surface area contributed by atoms with E-state index in [2.05, 4.69) is 4.74 Å². The number of nitrogens with two attached hydrogens (primary N) is 1. The molecule has 1 heterocycles. The van der Waals surface area contributed by atoms with Gasteiger partial charge in [0.2, 0.25) is 5.91 Å². The van der Waals surface area contributed by atoms with Crippen LogP contribution in [0.5, 0.6) is 0 Å². The molecule has 0 bridgehead atoms. The molecule has 0 aliphatic carbocycles. The molecule has 1 aliphatic heterocycles. The van der Waals surface area contributed by atoms with Crippen LogP contribution < -0.4 is 5.73 Å². The Morgan fingerprint density at radius 2 is 1.77 bits per heavy atom. The number of hydrogen-bond acceptors (Lipinski definition) is 5. The summed E-state index contributed by atoms with van der Waals surface area (Å²) >= 11 is 0. The summed E-state index contributed by atoms with van der Waals surface area (Å²) in [6.07, 6.45) is 0. The van der Waals surface area contributed by atoms with Gasteiger partial charge in [0.25, 0.3) is 0 Å². The largest absolute Gasteiger partial charge is 0.468 e. The van der Waals surface area contributed by atoms with E-state index in [0.29, 0.717) is 26.2 Å². The second kappa shape index (κ2) is 7.38. The molecule has 1 atom stereocenters. The first-order chi connectivity index (χ1) is 10.5. The number of benzene rings is 1. The quantitative estimate of drug-likeness (QED) is 0.810. The SMILES string of the molecule is COC(=O)CN1CCN(C(=O)C(N)c2ccc(C)cc2)CC1. The number of hydrogen-bond donors (Lipinski definition) is 1. The second-order valence-corrected chi connectivity index (χ2v) is 5.57. The third-order valence-electron chi connectivity index (χ3n) is 3.97. The fraction of sp³-hybridized carbons (Fsp3) is 0.500. The number of nitrogens with zero attached hydrogens (tertiary/aromatic N) is 2. The van der Waals surface area contributed by atoms with Gasteiger partial charge in [0.15, 0.2) is 0 Å².